The van der Waals surface area contributed by atoms with Crippen molar-refractivity contribution in [3.05, 3.63) is 34.7 Å². The van der Waals surface area contributed by atoms with Gasteiger partial charge in [0.2, 0.25) is 0 Å². The van der Waals surface area contributed by atoms with Gasteiger partial charge in [0.05, 0.1) is 10.7 Å². The molecule has 2 aromatic rings. The average Bonchev–Trinajstić information content (AvgIpc) is 2.99. The molecule has 1 N–H and O–H groups in total. The summed E-state index contributed by atoms with van der Waals surface area (Å²) in [6.07, 6.45) is 4.14. The summed E-state index contributed by atoms with van der Waals surface area (Å²) in [7, 11) is 0. The number of fused-ring (bicyclic) bond motifs is 1. The van der Waals surface area contributed by atoms with Gasteiger partial charge < -0.3 is 9.51 Å². The summed E-state index contributed by atoms with van der Waals surface area (Å²) in [6.45, 7) is 2.61. The third kappa shape index (κ3) is 2.19. The van der Waals surface area contributed by atoms with Gasteiger partial charge in [0.1, 0.15) is 0 Å². The number of pyridine rings is 1. The highest BCUT2D eigenvalue weighted by molar-refractivity contribution is 6.33. The maximum absolute atomic E-state index is 11.3. The lowest BCUT2D eigenvalue weighted by Gasteiger charge is -2.14. The second-order valence-electron chi connectivity index (χ2n) is 4.75. The first-order valence-electron chi connectivity index (χ1n) is 6.28. The molecule has 0 spiro atoms. The van der Waals surface area contributed by atoms with Gasteiger partial charge in [-0.3, -0.25) is 4.90 Å². The number of halogens is 1. The Hall–Kier alpha value is -1.59. The molecule has 0 radical (unpaired) electrons. The van der Waals surface area contributed by atoms with E-state index in [9.17, 15) is 9.90 Å². The summed E-state index contributed by atoms with van der Waals surface area (Å²) < 4.78 is 1.78. The standard InChI is InChI=1S/C13H14ClN3O2/c14-9-4-3-7-17-10(8-16-5-1-2-6-16)11(13(18)19)15-12(9)17/h3-4,7H,1-2,5-6,8H2,(H,18,19). The molecule has 1 fully saturated rings. The van der Waals surface area contributed by atoms with Crippen molar-refractivity contribution in [2.24, 2.45) is 0 Å². The summed E-state index contributed by atoms with van der Waals surface area (Å²) in [4.78, 5) is 17.7. The molecule has 3 heterocycles. The Labute approximate surface area is 115 Å². The van der Waals surface area contributed by atoms with Gasteiger partial charge in [-0.15, -0.1) is 0 Å². The van der Waals surface area contributed by atoms with E-state index in [1.807, 2.05) is 6.20 Å². The van der Waals surface area contributed by atoms with Crippen LogP contribution in [0.1, 0.15) is 29.0 Å². The number of imidazole rings is 1. The number of carboxylic acid groups (broad SMARTS) is 1. The summed E-state index contributed by atoms with van der Waals surface area (Å²) in [6, 6.07) is 3.52. The Balaban J connectivity index is 2.10. The quantitative estimate of drug-likeness (QED) is 0.936. The van der Waals surface area contributed by atoms with E-state index in [-0.39, 0.29) is 5.69 Å². The minimum atomic E-state index is -1.01. The Bertz CT molecular complexity index is 632. The number of carbonyl (C=O) groups is 1. The summed E-state index contributed by atoms with van der Waals surface area (Å²) in [5.74, 6) is -1.01. The number of aromatic nitrogens is 2. The average molecular weight is 280 g/mol. The highest BCUT2D eigenvalue weighted by Gasteiger charge is 2.22. The molecule has 100 valence electrons. The van der Waals surface area contributed by atoms with Crippen molar-refractivity contribution >= 4 is 23.2 Å². The lowest BCUT2D eigenvalue weighted by Crippen LogP contribution is -2.21. The molecule has 0 bridgehead atoms. The molecule has 0 aliphatic carbocycles. The van der Waals surface area contributed by atoms with Crippen molar-refractivity contribution in [1.82, 2.24) is 14.3 Å². The van der Waals surface area contributed by atoms with Gasteiger partial charge in [-0.1, -0.05) is 11.6 Å². The van der Waals surface area contributed by atoms with Crippen LogP contribution in [0.5, 0.6) is 0 Å². The molecule has 6 heteroatoms. The van der Waals surface area contributed by atoms with E-state index in [4.69, 9.17) is 11.6 Å². The van der Waals surface area contributed by atoms with Gasteiger partial charge >= 0.3 is 5.97 Å². The highest BCUT2D eigenvalue weighted by atomic mass is 35.5. The van der Waals surface area contributed by atoms with Gasteiger partial charge in [0.15, 0.2) is 11.3 Å². The third-order valence-electron chi connectivity index (χ3n) is 3.48. The number of nitrogens with zero attached hydrogens (tertiary/aromatic N) is 3. The highest BCUT2D eigenvalue weighted by Crippen LogP contribution is 2.22. The van der Waals surface area contributed by atoms with Crippen LogP contribution in [0, 0.1) is 0 Å². The normalized spacial score (nSPS) is 16.3. The Morgan fingerprint density at radius 1 is 1.42 bits per heavy atom. The SMILES string of the molecule is O=C(O)c1nc2c(Cl)cccn2c1CN1CCCC1. The molecule has 1 saturated heterocycles. The smallest absolute Gasteiger partial charge is 0.356 e. The van der Waals surface area contributed by atoms with Crippen LogP contribution in [0.4, 0.5) is 0 Å². The van der Waals surface area contributed by atoms with Gasteiger partial charge in [-0.25, -0.2) is 9.78 Å². The van der Waals surface area contributed by atoms with Crippen molar-refractivity contribution in [2.45, 2.75) is 19.4 Å². The Morgan fingerprint density at radius 2 is 2.16 bits per heavy atom. The van der Waals surface area contributed by atoms with Crippen LogP contribution in [0.3, 0.4) is 0 Å². The van der Waals surface area contributed by atoms with Crippen LogP contribution in [0.2, 0.25) is 5.02 Å². The first kappa shape index (κ1) is 12.4. The van der Waals surface area contributed by atoms with Crippen molar-refractivity contribution in [3.8, 4) is 0 Å². The van der Waals surface area contributed by atoms with Crippen LogP contribution < -0.4 is 0 Å². The van der Waals surface area contributed by atoms with Crippen LogP contribution in [0.15, 0.2) is 18.3 Å². The van der Waals surface area contributed by atoms with Crippen LogP contribution in [-0.4, -0.2) is 38.4 Å². The fraction of sp³-hybridized carbons (Fsp3) is 0.385. The van der Waals surface area contributed by atoms with E-state index in [2.05, 4.69) is 9.88 Å². The molecule has 3 rings (SSSR count). The molecule has 0 saturated carbocycles. The molecular weight excluding hydrogens is 266 g/mol. The van der Waals surface area contributed by atoms with Crippen LogP contribution >= 0.6 is 11.6 Å². The zero-order valence-corrected chi connectivity index (χ0v) is 11.1. The molecule has 1 aliphatic rings. The first-order valence-corrected chi connectivity index (χ1v) is 6.65. The Morgan fingerprint density at radius 3 is 2.84 bits per heavy atom. The lowest BCUT2D eigenvalue weighted by molar-refractivity contribution is 0.0688. The third-order valence-corrected chi connectivity index (χ3v) is 3.77. The molecule has 5 nitrogen and oxygen atoms in total. The number of likely N-dealkylation sites (tertiary alicyclic amines) is 1. The van der Waals surface area contributed by atoms with Crippen molar-refractivity contribution in [3.63, 3.8) is 0 Å². The van der Waals surface area contributed by atoms with E-state index in [0.29, 0.717) is 22.9 Å². The van der Waals surface area contributed by atoms with Crippen molar-refractivity contribution in [1.29, 1.82) is 0 Å². The zero-order chi connectivity index (χ0) is 13.4. The van der Waals surface area contributed by atoms with Crippen molar-refractivity contribution in [2.75, 3.05) is 13.1 Å². The van der Waals surface area contributed by atoms with Gasteiger partial charge in [-0.05, 0) is 38.1 Å². The second kappa shape index (κ2) is 4.83. The number of carboxylic acids is 1. The lowest BCUT2D eigenvalue weighted by atomic mass is 10.3. The van der Waals surface area contributed by atoms with Gasteiger partial charge in [0.25, 0.3) is 0 Å². The fourth-order valence-electron chi connectivity index (χ4n) is 2.56. The number of rotatable bonds is 3. The minimum Gasteiger partial charge on any atom is -0.476 e. The largest absolute Gasteiger partial charge is 0.476 e. The molecule has 0 amide bonds. The fourth-order valence-corrected chi connectivity index (χ4v) is 2.76. The van der Waals surface area contributed by atoms with Crippen LogP contribution in [0.25, 0.3) is 5.65 Å². The van der Waals surface area contributed by atoms with E-state index in [1.54, 1.807) is 16.5 Å². The summed E-state index contributed by atoms with van der Waals surface area (Å²) in [5, 5.41) is 9.76. The first-order chi connectivity index (χ1) is 9.16. The number of aromatic carboxylic acids is 1. The molecule has 0 aromatic carbocycles. The Kier molecular flexibility index (Phi) is 3.16. The zero-order valence-electron chi connectivity index (χ0n) is 10.3. The molecule has 19 heavy (non-hydrogen) atoms. The van der Waals surface area contributed by atoms with E-state index >= 15 is 0 Å². The monoisotopic (exact) mass is 279 g/mol. The molecule has 2 aromatic heterocycles. The minimum absolute atomic E-state index is 0.0972. The van der Waals surface area contributed by atoms with Crippen LogP contribution in [-0.2, 0) is 6.54 Å². The second-order valence-corrected chi connectivity index (χ2v) is 5.15. The predicted molar refractivity (Wildman–Crippen MR) is 71.7 cm³/mol. The molecular formula is C13H14ClN3O2. The summed E-state index contributed by atoms with van der Waals surface area (Å²) in [5.41, 5.74) is 1.31. The van der Waals surface area contributed by atoms with E-state index in [1.165, 1.54) is 12.8 Å². The molecule has 0 atom stereocenters. The van der Waals surface area contributed by atoms with Crippen molar-refractivity contribution < 1.29 is 9.90 Å². The maximum Gasteiger partial charge on any atom is 0.356 e. The predicted octanol–water partition coefficient (Wildman–Crippen LogP) is 2.28. The van der Waals surface area contributed by atoms with E-state index in [0.717, 1.165) is 13.1 Å². The van der Waals surface area contributed by atoms with E-state index < -0.39 is 5.97 Å². The van der Waals surface area contributed by atoms with Gasteiger partial charge in [-0.2, -0.15) is 0 Å². The number of hydrogen-bond acceptors (Lipinski definition) is 3. The molecule has 1 aliphatic heterocycles. The summed E-state index contributed by atoms with van der Waals surface area (Å²) >= 11 is 6.07. The topological polar surface area (TPSA) is 57.8 Å². The maximum atomic E-state index is 11.3. The molecule has 0 unspecified atom stereocenters. The van der Waals surface area contributed by atoms with Gasteiger partial charge in [0, 0.05) is 12.7 Å². The number of hydrogen-bond donors (Lipinski definition) is 1.